The zero-order valence-corrected chi connectivity index (χ0v) is 10.5. The van der Waals surface area contributed by atoms with E-state index in [0.717, 1.165) is 38.2 Å². The van der Waals surface area contributed by atoms with Crippen LogP contribution in [0.15, 0.2) is 12.4 Å². The fourth-order valence-corrected chi connectivity index (χ4v) is 2.13. The Hall–Kier alpha value is -1.24. The summed E-state index contributed by atoms with van der Waals surface area (Å²) in [6.07, 6.45) is 5.60. The minimum absolute atomic E-state index is 0.0985. The number of nitrogen functional groups attached to an aromatic ring is 1. The van der Waals surface area contributed by atoms with E-state index in [1.165, 1.54) is 0 Å². The third-order valence-corrected chi connectivity index (χ3v) is 3.09. The molecule has 2 rings (SSSR count). The first-order chi connectivity index (χ1) is 8.78. The van der Waals surface area contributed by atoms with Crippen molar-refractivity contribution in [1.29, 1.82) is 0 Å². The van der Waals surface area contributed by atoms with E-state index in [2.05, 4.69) is 14.9 Å². The second-order valence-corrected chi connectivity index (χ2v) is 4.50. The second-order valence-electron chi connectivity index (χ2n) is 4.50. The lowest BCUT2D eigenvalue weighted by atomic mass is 10.1. The third kappa shape index (κ3) is 3.90. The first kappa shape index (κ1) is 13.2. The summed E-state index contributed by atoms with van der Waals surface area (Å²) in [5.74, 6) is 0.454. The molecule has 1 fully saturated rings. The van der Waals surface area contributed by atoms with Crippen LogP contribution in [0.4, 0.5) is 5.82 Å². The highest BCUT2D eigenvalue weighted by atomic mass is 16.5. The lowest BCUT2D eigenvalue weighted by Gasteiger charge is -2.31. The molecule has 6 nitrogen and oxygen atoms in total. The second kappa shape index (κ2) is 6.63. The fourth-order valence-electron chi connectivity index (χ4n) is 2.13. The van der Waals surface area contributed by atoms with Gasteiger partial charge in [-0.3, -0.25) is 9.88 Å². The Morgan fingerprint density at radius 2 is 2.11 bits per heavy atom. The molecule has 0 unspecified atom stereocenters. The lowest BCUT2D eigenvalue weighted by molar-refractivity contribution is -0.00920. The van der Waals surface area contributed by atoms with Crippen LogP contribution in [0, 0.1) is 0 Å². The summed E-state index contributed by atoms with van der Waals surface area (Å²) >= 11 is 0. The van der Waals surface area contributed by atoms with Gasteiger partial charge in [-0.25, -0.2) is 4.98 Å². The summed E-state index contributed by atoms with van der Waals surface area (Å²) in [6, 6.07) is 0. The Morgan fingerprint density at radius 3 is 2.72 bits per heavy atom. The summed E-state index contributed by atoms with van der Waals surface area (Å²) in [6.45, 7) is 3.32. The van der Waals surface area contributed by atoms with E-state index in [1.807, 2.05) is 0 Å². The maximum absolute atomic E-state index is 8.71. The molecule has 1 aliphatic heterocycles. The topological polar surface area (TPSA) is 84.5 Å². The van der Waals surface area contributed by atoms with Crippen LogP contribution < -0.4 is 5.73 Å². The number of aromatic nitrogens is 2. The number of piperidine rings is 1. The van der Waals surface area contributed by atoms with Crippen LogP contribution in [-0.4, -0.2) is 52.4 Å². The van der Waals surface area contributed by atoms with Crippen LogP contribution in [-0.2, 0) is 11.3 Å². The minimum atomic E-state index is 0.0985. The van der Waals surface area contributed by atoms with E-state index in [1.54, 1.807) is 12.4 Å². The highest BCUT2D eigenvalue weighted by Gasteiger charge is 2.19. The van der Waals surface area contributed by atoms with Crippen LogP contribution >= 0.6 is 0 Å². The summed E-state index contributed by atoms with van der Waals surface area (Å²) in [7, 11) is 0. The van der Waals surface area contributed by atoms with E-state index in [9.17, 15) is 0 Å². The molecular weight excluding hydrogens is 232 g/mol. The van der Waals surface area contributed by atoms with Gasteiger partial charge in [-0.05, 0) is 12.8 Å². The van der Waals surface area contributed by atoms with E-state index < -0.39 is 0 Å². The van der Waals surface area contributed by atoms with Gasteiger partial charge in [0.05, 0.1) is 37.4 Å². The molecule has 6 heteroatoms. The van der Waals surface area contributed by atoms with Crippen molar-refractivity contribution in [2.45, 2.75) is 25.5 Å². The van der Waals surface area contributed by atoms with Gasteiger partial charge in [0.15, 0.2) is 0 Å². The van der Waals surface area contributed by atoms with Crippen molar-refractivity contribution in [1.82, 2.24) is 14.9 Å². The Balaban J connectivity index is 1.74. The van der Waals surface area contributed by atoms with Gasteiger partial charge in [-0.15, -0.1) is 0 Å². The Bertz CT molecular complexity index is 350. The molecule has 0 saturated carbocycles. The molecule has 1 aromatic rings. The Morgan fingerprint density at radius 1 is 1.33 bits per heavy atom. The predicted octanol–water partition coefficient (Wildman–Crippen LogP) is 0.0321. The van der Waals surface area contributed by atoms with Gasteiger partial charge in [0, 0.05) is 19.6 Å². The molecule has 0 radical (unpaired) electrons. The van der Waals surface area contributed by atoms with Gasteiger partial charge in [0.2, 0.25) is 0 Å². The summed E-state index contributed by atoms with van der Waals surface area (Å²) < 4.78 is 5.53. The van der Waals surface area contributed by atoms with Gasteiger partial charge in [-0.1, -0.05) is 0 Å². The quantitative estimate of drug-likeness (QED) is 0.769. The molecule has 1 aromatic heterocycles. The number of rotatable bonds is 5. The molecule has 2 heterocycles. The minimum Gasteiger partial charge on any atom is -0.394 e. The molecule has 0 atom stereocenters. The summed E-state index contributed by atoms with van der Waals surface area (Å²) in [4.78, 5) is 10.6. The SMILES string of the molecule is Nc1cnc(CN2CCC(OCCO)CC2)cn1. The van der Waals surface area contributed by atoms with Gasteiger partial charge in [0.25, 0.3) is 0 Å². The van der Waals surface area contributed by atoms with Crippen LogP contribution in [0.2, 0.25) is 0 Å². The average Bonchev–Trinajstić information content (AvgIpc) is 2.41. The smallest absolute Gasteiger partial charge is 0.141 e. The van der Waals surface area contributed by atoms with E-state index in [0.29, 0.717) is 12.4 Å². The molecular formula is C12H20N4O2. The summed E-state index contributed by atoms with van der Waals surface area (Å²) in [5, 5.41) is 8.71. The zero-order valence-electron chi connectivity index (χ0n) is 10.5. The number of nitrogens with two attached hydrogens (primary N) is 1. The largest absolute Gasteiger partial charge is 0.394 e. The number of aliphatic hydroxyl groups is 1. The highest BCUT2D eigenvalue weighted by molar-refractivity contribution is 5.22. The fraction of sp³-hybridized carbons (Fsp3) is 0.667. The van der Waals surface area contributed by atoms with Crippen LogP contribution in [0.25, 0.3) is 0 Å². The number of anilines is 1. The molecule has 100 valence electrons. The van der Waals surface area contributed by atoms with Gasteiger partial charge < -0.3 is 15.6 Å². The zero-order chi connectivity index (χ0) is 12.8. The average molecular weight is 252 g/mol. The van der Waals surface area contributed by atoms with Gasteiger partial charge in [0.1, 0.15) is 5.82 Å². The van der Waals surface area contributed by atoms with Crippen molar-refractivity contribution < 1.29 is 9.84 Å². The molecule has 0 bridgehead atoms. The van der Waals surface area contributed by atoms with Crippen LogP contribution in [0.3, 0.4) is 0 Å². The van der Waals surface area contributed by atoms with Crippen molar-refractivity contribution >= 4 is 5.82 Å². The van der Waals surface area contributed by atoms with Crippen molar-refractivity contribution in [2.24, 2.45) is 0 Å². The normalized spacial score (nSPS) is 18.1. The number of hydrogen-bond donors (Lipinski definition) is 2. The number of aliphatic hydroxyl groups excluding tert-OH is 1. The maximum atomic E-state index is 8.71. The molecule has 18 heavy (non-hydrogen) atoms. The molecule has 0 aliphatic carbocycles. The first-order valence-electron chi connectivity index (χ1n) is 6.29. The standard InChI is InChI=1S/C12H20N4O2/c13-12-8-14-10(7-15-12)9-16-3-1-11(2-4-16)18-6-5-17/h7-8,11,17H,1-6,9H2,(H2,13,15). The molecule has 0 aromatic carbocycles. The Labute approximate surface area is 107 Å². The molecule has 0 spiro atoms. The third-order valence-electron chi connectivity index (χ3n) is 3.09. The lowest BCUT2D eigenvalue weighted by Crippen LogP contribution is -2.37. The molecule has 1 saturated heterocycles. The first-order valence-corrected chi connectivity index (χ1v) is 6.29. The van der Waals surface area contributed by atoms with Crippen molar-refractivity contribution in [2.75, 3.05) is 32.0 Å². The Kier molecular flexibility index (Phi) is 4.86. The molecule has 0 amide bonds. The van der Waals surface area contributed by atoms with Crippen LogP contribution in [0.1, 0.15) is 18.5 Å². The maximum Gasteiger partial charge on any atom is 0.141 e. The van der Waals surface area contributed by atoms with Gasteiger partial charge >= 0.3 is 0 Å². The molecule has 1 aliphatic rings. The van der Waals surface area contributed by atoms with Crippen molar-refractivity contribution in [3.63, 3.8) is 0 Å². The van der Waals surface area contributed by atoms with E-state index >= 15 is 0 Å². The number of ether oxygens (including phenoxy) is 1. The van der Waals surface area contributed by atoms with E-state index in [4.69, 9.17) is 15.6 Å². The number of likely N-dealkylation sites (tertiary alicyclic amines) is 1. The number of nitrogens with zero attached hydrogens (tertiary/aromatic N) is 3. The van der Waals surface area contributed by atoms with Crippen LogP contribution in [0.5, 0.6) is 0 Å². The van der Waals surface area contributed by atoms with Crippen molar-refractivity contribution in [3.05, 3.63) is 18.1 Å². The summed E-state index contributed by atoms with van der Waals surface area (Å²) in [5.41, 5.74) is 6.44. The van der Waals surface area contributed by atoms with Gasteiger partial charge in [-0.2, -0.15) is 0 Å². The van der Waals surface area contributed by atoms with E-state index in [-0.39, 0.29) is 12.7 Å². The van der Waals surface area contributed by atoms with Crippen molar-refractivity contribution in [3.8, 4) is 0 Å². The number of hydrogen-bond acceptors (Lipinski definition) is 6. The monoisotopic (exact) mass is 252 g/mol. The predicted molar refractivity (Wildman–Crippen MR) is 67.8 cm³/mol. The molecule has 3 N–H and O–H groups in total. The highest BCUT2D eigenvalue weighted by Crippen LogP contribution is 2.15.